The van der Waals surface area contributed by atoms with Gasteiger partial charge in [-0.05, 0) is 82.4 Å². The molecule has 1 saturated heterocycles. The zero-order valence-electron chi connectivity index (χ0n) is 31.1. The summed E-state index contributed by atoms with van der Waals surface area (Å²) in [5.41, 5.74) is 5.35. The van der Waals surface area contributed by atoms with Crippen LogP contribution in [-0.2, 0) is 19.1 Å². The van der Waals surface area contributed by atoms with Gasteiger partial charge in [0, 0.05) is 31.8 Å². The molecule has 0 aromatic heterocycles. The van der Waals surface area contributed by atoms with Crippen molar-refractivity contribution in [2.45, 2.75) is 137 Å². The summed E-state index contributed by atoms with van der Waals surface area (Å²) >= 11 is 0. The van der Waals surface area contributed by atoms with Crippen LogP contribution in [0.5, 0.6) is 0 Å². The SMILES string of the molecule is CC(=O)O[C@H]1CC(C)(C)C(=C=CC(C)=CC=CC(C)=CC=CC=C(C)C=CC=C(C)C(=O)C[C@@]23O[C@]2(C)C[C@@H](O)CC3(C)C)[C@](C)(O)C1. The molecule has 6 heteroatoms. The molecule has 0 radical (unpaired) electrons. The Hall–Kier alpha value is -3.28. The van der Waals surface area contributed by atoms with Gasteiger partial charge in [-0.25, -0.2) is 0 Å². The third-order valence-electron chi connectivity index (χ3n) is 10.1. The van der Waals surface area contributed by atoms with Crippen molar-refractivity contribution in [3.8, 4) is 0 Å². The molecule has 0 unspecified atom stereocenters. The van der Waals surface area contributed by atoms with Crippen molar-refractivity contribution < 1.29 is 29.3 Å². The van der Waals surface area contributed by atoms with Crippen molar-refractivity contribution >= 4 is 11.8 Å². The molecule has 2 saturated carbocycles. The van der Waals surface area contributed by atoms with Gasteiger partial charge >= 0.3 is 5.97 Å². The summed E-state index contributed by atoms with van der Waals surface area (Å²) in [6, 6.07) is 0. The summed E-state index contributed by atoms with van der Waals surface area (Å²) in [4.78, 5) is 24.5. The third-order valence-corrected chi connectivity index (χ3v) is 10.1. The molecule has 0 bridgehead atoms. The minimum Gasteiger partial charge on any atom is -0.462 e. The van der Waals surface area contributed by atoms with Gasteiger partial charge < -0.3 is 19.7 Å². The largest absolute Gasteiger partial charge is 0.462 e. The van der Waals surface area contributed by atoms with Gasteiger partial charge in [0.1, 0.15) is 11.7 Å². The summed E-state index contributed by atoms with van der Waals surface area (Å²) in [6.07, 6.45) is 23.6. The first-order chi connectivity index (χ1) is 22.1. The van der Waals surface area contributed by atoms with Crippen LogP contribution < -0.4 is 0 Å². The van der Waals surface area contributed by atoms with Crippen LogP contribution in [0.15, 0.2) is 100 Å². The van der Waals surface area contributed by atoms with E-state index >= 15 is 0 Å². The van der Waals surface area contributed by atoms with E-state index in [1.54, 1.807) is 6.92 Å². The van der Waals surface area contributed by atoms with Crippen molar-refractivity contribution in [1.82, 2.24) is 0 Å². The molecule has 0 spiro atoms. The Kier molecular flexibility index (Phi) is 12.3. The van der Waals surface area contributed by atoms with Gasteiger partial charge in [0.15, 0.2) is 5.78 Å². The number of fused-ring (bicyclic) bond motifs is 1. The van der Waals surface area contributed by atoms with Gasteiger partial charge in [-0.3, -0.25) is 9.59 Å². The predicted octanol–water partition coefficient (Wildman–Crippen LogP) is 8.69. The lowest BCUT2D eigenvalue weighted by Gasteiger charge is -2.44. The van der Waals surface area contributed by atoms with Gasteiger partial charge in [0.2, 0.25) is 0 Å². The monoisotopic (exact) mass is 658 g/mol. The van der Waals surface area contributed by atoms with E-state index in [1.807, 2.05) is 115 Å². The Balaban J connectivity index is 1.54. The Morgan fingerprint density at radius 2 is 1.38 bits per heavy atom. The Bertz CT molecular complexity index is 1510. The Morgan fingerprint density at radius 1 is 0.812 bits per heavy atom. The smallest absolute Gasteiger partial charge is 0.302 e. The number of aliphatic hydroxyl groups excluding tert-OH is 1. The number of ketones is 1. The average Bonchev–Trinajstić information content (AvgIpc) is 3.53. The highest BCUT2D eigenvalue weighted by molar-refractivity contribution is 5.96. The number of ether oxygens (including phenoxy) is 2. The van der Waals surface area contributed by atoms with Crippen molar-refractivity contribution in [3.05, 3.63) is 100 Å². The Morgan fingerprint density at radius 3 is 1.92 bits per heavy atom. The minimum absolute atomic E-state index is 0.0816. The molecule has 48 heavy (non-hydrogen) atoms. The van der Waals surface area contributed by atoms with Crippen molar-refractivity contribution in [2.75, 3.05) is 0 Å². The minimum atomic E-state index is -1.11. The normalized spacial score (nSPS) is 32.4. The molecule has 2 aliphatic carbocycles. The molecule has 0 aromatic rings. The van der Waals surface area contributed by atoms with Crippen LogP contribution in [0.2, 0.25) is 0 Å². The Labute approximate surface area is 289 Å². The van der Waals surface area contributed by atoms with E-state index in [0.29, 0.717) is 37.7 Å². The van der Waals surface area contributed by atoms with Crippen molar-refractivity contribution in [1.29, 1.82) is 0 Å². The average molecular weight is 659 g/mol. The summed E-state index contributed by atoms with van der Waals surface area (Å²) < 4.78 is 11.6. The fourth-order valence-corrected chi connectivity index (χ4v) is 7.76. The molecule has 3 fully saturated rings. The maximum Gasteiger partial charge on any atom is 0.302 e. The first-order valence-corrected chi connectivity index (χ1v) is 17.1. The number of epoxide rings is 1. The number of hydrogen-bond acceptors (Lipinski definition) is 6. The number of rotatable bonds is 11. The molecule has 2 N–H and O–H groups in total. The van der Waals surface area contributed by atoms with Gasteiger partial charge in [0.05, 0.1) is 17.3 Å². The van der Waals surface area contributed by atoms with Crippen LogP contribution in [0, 0.1) is 10.8 Å². The molecular weight excluding hydrogens is 600 g/mol. The van der Waals surface area contributed by atoms with Gasteiger partial charge in [0.25, 0.3) is 0 Å². The van der Waals surface area contributed by atoms with Crippen LogP contribution in [0.3, 0.4) is 0 Å². The lowest BCUT2D eigenvalue weighted by Crippen LogP contribution is -2.48. The lowest BCUT2D eigenvalue weighted by atomic mass is 9.61. The molecule has 262 valence electrons. The molecule has 3 aliphatic rings. The lowest BCUT2D eigenvalue weighted by molar-refractivity contribution is -0.152. The number of aliphatic hydroxyl groups is 2. The van der Waals surface area contributed by atoms with Crippen LogP contribution in [0.4, 0.5) is 0 Å². The highest BCUT2D eigenvalue weighted by Gasteiger charge is 2.76. The van der Waals surface area contributed by atoms with E-state index in [-0.39, 0.29) is 34.8 Å². The summed E-state index contributed by atoms with van der Waals surface area (Å²) in [6.45, 7) is 21.4. The van der Waals surface area contributed by atoms with E-state index < -0.39 is 16.8 Å². The van der Waals surface area contributed by atoms with E-state index in [4.69, 9.17) is 9.47 Å². The van der Waals surface area contributed by atoms with E-state index in [9.17, 15) is 19.8 Å². The number of esters is 1. The van der Waals surface area contributed by atoms with Crippen LogP contribution in [-0.4, -0.2) is 51.0 Å². The fourth-order valence-electron chi connectivity index (χ4n) is 7.76. The quantitative estimate of drug-likeness (QED) is 0.0758. The summed E-state index contributed by atoms with van der Waals surface area (Å²) in [5, 5.41) is 21.4. The number of hydrogen-bond donors (Lipinski definition) is 2. The number of allylic oxidation sites excluding steroid dienone is 14. The number of Topliss-reactive ketones (excluding diaryl/α,β-unsaturated/α-hetero) is 1. The van der Waals surface area contributed by atoms with Gasteiger partial charge in [-0.2, -0.15) is 0 Å². The molecule has 1 aliphatic heterocycles. The first kappa shape index (κ1) is 39.2. The molecular formula is C42H58O6. The molecule has 6 nitrogen and oxygen atoms in total. The van der Waals surface area contributed by atoms with E-state index in [0.717, 1.165) is 22.3 Å². The maximum absolute atomic E-state index is 13.1. The van der Waals surface area contributed by atoms with Crippen LogP contribution >= 0.6 is 0 Å². The second kappa shape index (κ2) is 15.1. The molecule has 5 atom stereocenters. The summed E-state index contributed by atoms with van der Waals surface area (Å²) in [7, 11) is 0. The second-order valence-corrected chi connectivity index (χ2v) is 15.9. The standard InChI is InChI=1S/C42H58O6/c1-29(18-14-19-31(3)22-23-37-38(6,7)26-35(47-33(5)43)27-40(37,10)46)16-12-13-17-30(2)20-15-21-32(4)36(45)28-42-39(8,9)24-34(44)25-41(42,11)48-42/h12-22,34-35,44,46H,24-28H2,1-11H3/t23?,34-,35-,40+,41+,42-/m0/s1. The summed E-state index contributed by atoms with van der Waals surface area (Å²) in [5.74, 6) is -0.244. The third kappa shape index (κ3) is 9.66. The fraction of sp³-hybridized carbons (Fsp3) is 0.548. The molecule has 3 rings (SSSR count). The first-order valence-electron chi connectivity index (χ1n) is 17.1. The van der Waals surface area contributed by atoms with Crippen molar-refractivity contribution in [2.24, 2.45) is 10.8 Å². The predicted molar refractivity (Wildman–Crippen MR) is 194 cm³/mol. The van der Waals surface area contributed by atoms with Crippen molar-refractivity contribution in [3.63, 3.8) is 0 Å². The highest BCUT2D eigenvalue weighted by Crippen LogP contribution is 2.67. The van der Waals surface area contributed by atoms with E-state index in [1.165, 1.54) is 6.92 Å². The maximum atomic E-state index is 13.1. The number of carbonyl (C=O) groups is 2. The highest BCUT2D eigenvalue weighted by atomic mass is 16.6. The zero-order valence-corrected chi connectivity index (χ0v) is 31.1. The van der Waals surface area contributed by atoms with Crippen LogP contribution in [0.25, 0.3) is 0 Å². The molecule has 0 aromatic carbocycles. The molecule has 0 amide bonds. The topological polar surface area (TPSA) is 96.4 Å². The second-order valence-electron chi connectivity index (χ2n) is 15.9. The number of carbonyl (C=O) groups excluding carboxylic acids is 2. The van der Waals surface area contributed by atoms with Gasteiger partial charge in [-0.15, -0.1) is 5.73 Å². The zero-order chi connectivity index (χ0) is 36.1. The molecule has 1 heterocycles. The van der Waals surface area contributed by atoms with E-state index in [2.05, 4.69) is 19.6 Å². The van der Waals surface area contributed by atoms with Gasteiger partial charge in [-0.1, -0.05) is 99.6 Å². The van der Waals surface area contributed by atoms with Crippen LogP contribution in [0.1, 0.15) is 108 Å².